The van der Waals surface area contributed by atoms with Crippen LogP contribution in [0.2, 0.25) is 0 Å². The first-order valence-electron chi connectivity index (χ1n) is 6.16. The maximum atomic E-state index is 12.1. The lowest BCUT2D eigenvalue weighted by Crippen LogP contribution is -2.49. The molecular formula is C11H17N5O. The highest BCUT2D eigenvalue weighted by atomic mass is 16.2. The Labute approximate surface area is 100 Å². The third-order valence-electron chi connectivity index (χ3n) is 3.45. The van der Waals surface area contributed by atoms with Crippen LogP contribution in [-0.4, -0.2) is 63.1 Å². The Kier molecular flexibility index (Phi) is 2.58. The van der Waals surface area contributed by atoms with Crippen molar-refractivity contribution in [2.45, 2.75) is 25.8 Å². The Hall–Kier alpha value is -1.43. The smallest absolute Gasteiger partial charge is 0.293 e. The van der Waals surface area contributed by atoms with Crippen LogP contribution >= 0.6 is 0 Å². The van der Waals surface area contributed by atoms with Crippen LogP contribution in [-0.2, 0) is 0 Å². The van der Waals surface area contributed by atoms with Gasteiger partial charge >= 0.3 is 0 Å². The van der Waals surface area contributed by atoms with Gasteiger partial charge in [0, 0.05) is 32.2 Å². The zero-order valence-corrected chi connectivity index (χ0v) is 10.0. The monoisotopic (exact) mass is 235 g/mol. The standard InChI is InChI=1S/C11H17N5O/c1-8-12-10(14-13-8)11(17)16-6-4-15(5-7-16)9-2-3-9/h9H,2-7H2,1H3,(H,12,13,14). The van der Waals surface area contributed by atoms with E-state index in [2.05, 4.69) is 20.1 Å². The maximum Gasteiger partial charge on any atom is 0.293 e. The van der Waals surface area contributed by atoms with Gasteiger partial charge in [-0.3, -0.25) is 14.8 Å². The average Bonchev–Trinajstić information content (AvgIpc) is 3.11. The number of nitrogens with zero attached hydrogens (tertiary/aromatic N) is 4. The van der Waals surface area contributed by atoms with Crippen molar-refractivity contribution in [2.75, 3.05) is 26.2 Å². The van der Waals surface area contributed by atoms with E-state index < -0.39 is 0 Å². The molecule has 1 aliphatic carbocycles. The van der Waals surface area contributed by atoms with Gasteiger partial charge in [0.1, 0.15) is 5.82 Å². The van der Waals surface area contributed by atoms with Crippen molar-refractivity contribution >= 4 is 5.91 Å². The molecule has 2 fully saturated rings. The number of aryl methyl sites for hydroxylation is 1. The number of rotatable bonds is 2. The van der Waals surface area contributed by atoms with E-state index in [-0.39, 0.29) is 5.91 Å². The summed E-state index contributed by atoms with van der Waals surface area (Å²) in [5.41, 5.74) is 0. The van der Waals surface area contributed by atoms with E-state index in [0.717, 1.165) is 32.2 Å². The Bertz CT molecular complexity index is 417. The molecule has 0 aromatic carbocycles. The molecule has 0 spiro atoms. The quantitative estimate of drug-likeness (QED) is 0.785. The van der Waals surface area contributed by atoms with Crippen molar-refractivity contribution in [3.8, 4) is 0 Å². The highest BCUT2D eigenvalue weighted by molar-refractivity contribution is 5.90. The molecule has 17 heavy (non-hydrogen) atoms. The van der Waals surface area contributed by atoms with Gasteiger partial charge in [-0.25, -0.2) is 4.98 Å². The van der Waals surface area contributed by atoms with Crippen molar-refractivity contribution in [1.82, 2.24) is 25.0 Å². The first-order chi connectivity index (χ1) is 8.24. The van der Waals surface area contributed by atoms with Crippen molar-refractivity contribution in [3.63, 3.8) is 0 Å². The summed E-state index contributed by atoms with van der Waals surface area (Å²) in [5, 5.41) is 6.62. The fourth-order valence-corrected chi connectivity index (χ4v) is 2.31. The molecule has 1 N–H and O–H groups in total. The Morgan fingerprint density at radius 1 is 1.29 bits per heavy atom. The molecule has 0 atom stereocenters. The van der Waals surface area contributed by atoms with E-state index in [1.54, 1.807) is 6.92 Å². The molecule has 1 amide bonds. The summed E-state index contributed by atoms with van der Waals surface area (Å²) in [6, 6.07) is 0.790. The molecule has 2 heterocycles. The van der Waals surface area contributed by atoms with Gasteiger partial charge in [-0.1, -0.05) is 0 Å². The minimum Gasteiger partial charge on any atom is -0.333 e. The summed E-state index contributed by atoms with van der Waals surface area (Å²) in [6.45, 7) is 5.36. The zero-order valence-electron chi connectivity index (χ0n) is 10.0. The SMILES string of the molecule is Cc1nc(C(=O)N2CCN(C3CC3)CC2)n[nH]1. The maximum absolute atomic E-state index is 12.1. The summed E-state index contributed by atoms with van der Waals surface area (Å²) >= 11 is 0. The van der Waals surface area contributed by atoms with Crippen LogP contribution in [0, 0.1) is 6.92 Å². The molecule has 6 heteroatoms. The second-order valence-electron chi connectivity index (χ2n) is 4.80. The van der Waals surface area contributed by atoms with E-state index >= 15 is 0 Å². The summed E-state index contributed by atoms with van der Waals surface area (Å²) < 4.78 is 0. The number of nitrogens with one attached hydrogen (secondary N) is 1. The predicted molar refractivity (Wildman–Crippen MR) is 61.6 cm³/mol. The molecule has 0 radical (unpaired) electrons. The van der Waals surface area contributed by atoms with E-state index in [1.165, 1.54) is 12.8 Å². The van der Waals surface area contributed by atoms with Crippen LogP contribution in [0.25, 0.3) is 0 Å². The highest BCUT2D eigenvalue weighted by Crippen LogP contribution is 2.27. The molecule has 0 bridgehead atoms. The molecule has 1 aromatic heterocycles. The first-order valence-corrected chi connectivity index (χ1v) is 6.16. The number of aromatic nitrogens is 3. The zero-order chi connectivity index (χ0) is 11.8. The number of aromatic amines is 1. The fraction of sp³-hybridized carbons (Fsp3) is 0.727. The van der Waals surface area contributed by atoms with Gasteiger partial charge < -0.3 is 4.90 Å². The number of hydrogen-bond donors (Lipinski definition) is 1. The van der Waals surface area contributed by atoms with Crippen molar-refractivity contribution in [3.05, 3.63) is 11.6 Å². The van der Waals surface area contributed by atoms with E-state index in [4.69, 9.17) is 0 Å². The summed E-state index contributed by atoms with van der Waals surface area (Å²) in [5.74, 6) is 0.928. The number of H-pyrrole nitrogens is 1. The Balaban J connectivity index is 1.60. The molecular weight excluding hydrogens is 218 g/mol. The summed E-state index contributed by atoms with van der Waals surface area (Å²) in [4.78, 5) is 20.5. The van der Waals surface area contributed by atoms with Crippen LogP contribution in [0.15, 0.2) is 0 Å². The second-order valence-corrected chi connectivity index (χ2v) is 4.80. The van der Waals surface area contributed by atoms with Crippen molar-refractivity contribution in [2.24, 2.45) is 0 Å². The lowest BCUT2D eigenvalue weighted by atomic mass is 10.3. The molecule has 2 aliphatic rings. The van der Waals surface area contributed by atoms with Crippen LogP contribution < -0.4 is 0 Å². The molecule has 0 unspecified atom stereocenters. The van der Waals surface area contributed by atoms with E-state index in [1.807, 2.05) is 4.90 Å². The van der Waals surface area contributed by atoms with Gasteiger partial charge in [-0.15, -0.1) is 5.10 Å². The first kappa shape index (κ1) is 10.7. The number of hydrogen-bond acceptors (Lipinski definition) is 4. The molecule has 1 saturated heterocycles. The molecule has 1 saturated carbocycles. The van der Waals surface area contributed by atoms with E-state index in [0.29, 0.717) is 11.6 Å². The fourth-order valence-electron chi connectivity index (χ4n) is 2.31. The number of amides is 1. The highest BCUT2D eigenvalue weighted by Gasteiger charge is 2.33. The van der Waals surface area contributed by atoms with Crippen molar-refractivity contribution in [1.29, 1.82) is 0 Å². The second kappa shape index (κ2) is 4.10. The molecule has 92 valence electrons. The summed E-state index contributed by atoms with van der Waals surface area (Å²) in [6.07, 6.45) is 2.65. The van der Waals surface area contributed by atoms with Gasteiger partial charge in [-0.2, -0.15) is 0 Å². The largest absolute Gasteiger partial charge is 0.333 e. The van der Waals surface area contributed by atoms with Gasteiger partial charge in [0.2, 0.25) is 5.82 Å². The third kappa shape index (κ3) is 2.17. The molecule has 1 aromatic rings. The van der Waals surface area contributed by atoms with Crippen LogP contribution in [0.3, 0.4) is 0 Å². The predicted octanol–water partition coefficient (Wildman–Crippen LogP) is 0.0333. The lowest BCUT2D eigenvalue weighted by Gasteiger charge is -2.34. The third-order valence-corrected chi connectivity index (χ3v) is 3.45. The van der Waals surface area contributed by atoms with Gasteiger partial charge in [0.25, 0.3) is 5.91 Å². The Morgan fingerprint density at radius 3 is 2.53 bits per heavy atom. The van der Waals surface area contributed by atoms with Gasteiger partial charge in [0.05, 0.1) is 0 Å². The minimum atomic E-state index is -0.0511. The average molecular weight is 235 g/mol. The van der Waals surface area contributed by atoms with Gasteiger partial charge in [0.15, 0.2) is 0 Å². The van der Waals surface area contributed by atoms with Crippen LogP contribution in [0.4, 0.5) is 0 Å². The van der Waals surface area contributed by atoms with Crippen LogP contribution in [0.5, 0.6) is 0 Å². The lowest BCUT2D eigenvalue weighted by molar-refractivity contribution is 0.0615. The number of carbonyl (C=O) groups is 1. The minimum absolute atomic E-state index is 0.0511. The van der Waals surface area contributed by atoms with Crippen molar-refractivity contribution < 1.29 is 4.79 Å². The van der Waals surface area contributed by atoms with E-state index in [9.17, 15) is 4.79 Å². The summed E-state index contributed by atoms with van der Waals surface area (Å²) in [7, 11) is 0. The number of piperazine rings is 1. The van der Waals surface area contributed by atoms with Crippen LogP contribution in [0.1, 0.15) is 29.3 Å². The van der Waals surface area contributed by atoms with Gasteiger partial charge in [-0.05, 0) is 19.8 Å². The number of carbonyl (C=O) groups excluding carboxylic acids is 1. The topological polar surface area (TPSA) is 65.1 Å². The molecule has 6 nitrogen and oxygen atoms in total. The molecule has 1 aliphatic heterocycles. The normalized spacial score (nSPS) is 21.8. The molecule has 3 rings (SSSR count). The Morgan fingerprint density at radius 2 is 2.00 bits per heavy atom.